The molecule has 11 heteroatoms. The maximum absolute atomic E-state index is 12.9. The first-order valence-electron chi connectivity index (χ1n) is 10.9. The number of alkyl halides is 3. The van der Waals surface area contributed by atoms with Gasteiger partial charge in [-0.2, -0.15) is 23.5 Å². The average Bonchev–Trinajstić information content (AvgIpc) is 3.21. The molecule has 7 nitrogen and oxygen atoms in total. The molecule has 35 heavy (non-hydrogen) atoms. The van der Waals surface area contributed by atoms with Gasteiger partial charge in [0.2, 0.25) is 0 Å². The lowest BCUT2D eigenvalue weighted by Gasteiger charge is -2.32. The maximum atomic E-state index is 12.9. The number of hydrogen-bond donors (Lipinski definition) is 1. The molecule has 4 rings (SSSR count). The summed E-state index contributed by atoms with van der Waals surface area (Å²) in [4.78, 5) is 21.2. The highest BCUT2D eigenvalue weighted by Gasteiger charge is 2.38. The lowest BCUT2D eigenvalue weighted by molar-refractivity contribution is -0.137. The molecule has 0 amide bonds. The van der Waals surface area contributed by atoms with E-state index in [0.29, 0.717) is 48.8 Å². The topological polar surface area (TPSA) is 105 Å². The van der Waals surface area contributed by atoms with Gasteiger partial charge in [-0.3, -0.25) is 9.78 Å². The second-order valence-corrected chi connectivity index (χ2v) is 9.07. The Hall–Kier alpha value is -3.29. The number of aliphatic hydroxyl groups is 1. The first-order valence-corrected chi connectivity index (χ1v) is 11.3. The van der Waals surface area contributed by atoms with Gasteiger partial charge in [-0.1, -0.05) is 17.7 Å². The van der Waals surface area contributed by atoms with Crippen molar-refractivity contribution < 1.29 is 23.1 Å². The van der Waals surface area contributed by atoms with E-state index in [1.807, 2.05) is 0 Å². The molecule has 1 aliphatic carbocycles. The van der Waals surface area contributed by atoms with Crippen LogP contribution < -0.4 is 0 Å². The first-order chi connectivity index (χ1) is 16.5. The van der Waals surface area contributed by atoms with Gasteiger partial charge in [0.25, 0.3) is 0 Å². The van der Waals surface area contributed by atoms with Gasteiger partial charge in [0.1, 0.15) is 0 Å². The van der Waals surface area contributed by atoms with Crippen molar-refractivity contribution in [3.8, 4) is 11.9 Å². The molecule has 182 valence electrons. The summed E-state index contributed by atoms with van der Waals surface area (Å²) >= 11 is 6.02. The molecule has 3 aromatic heterocycles. The van der Waals surface area contributed by atoms with Gasteiger partial charge in [0.05, 0.1) is 51.3 Å². The highest BCUT2D eigenvalue weighted by atomic mass is 35.5. The van der Waals surface area contributed by atoms with Gasteiger partial charge in [-0.05, 0) is 50.3 Å². The first kappa shape index (κ1) is 24.8. The summed E-state index contributed by atoms with van der Waals surface area (Å²) in [5.74, 6) is -0.274. The Bertz CT molecular complexity index is 1290. The number of aromatic nitrogens is 4. The van der Waals surface area contributed by atoms with E-state index in [0.717, 1.165) is 6.07 Å². The van der Waals surface area contributed by atoms with Crippen LogP contribution in [0.1, 0.15) is 58.6 Å². The van der Waals surface area contributed by atoms with Crippen molar-refractivity contribution in [2.45, 2.75) is 56.7 Å². The molecule has 1 saturated carbocycles. The fraction of sp³-hybridized carbons (Fsp3) is 0.375. The van der Waals surface area contributed by atoms with Gasteiger partial charge in [-0.25, -0.2) is 9.67 Å². The van der Waals surface area contributed by atoms with Gasteiger partial charge in [0.15, 0.2) is 11.6 Å². The molecule has 0 unspecified atom stereocenters. The predicted octanol–water partition coefficient (Wildman–Crippen LogP) is 4.76. The van der Waals surface area contributed by atoms with Crippen molar-refractivity contribution in [1.82, 2.24) is 19.7 Å². The number of carbonyl (C=O) groups excluding carboxylic acids is 1. The Labute approximate surface area is 204 Å². The summed E-state index contributed by atoms with van der Waals surface area (Å²) in [5.41, 5.74) is 0.203. The third kappa shape index (κ3) is 4.92. The van der Waals surface area contributed by atoms with Crippen LogP contribution in [0.5, 0.6) is 0 Å². The normalized spacial score (nSPS) is 20.4. The molecule has 1 aliphatic rings. The maximum Gasteiger partial charge on any atom is 0.417 e. The number of ketones is 1. The number of Topliss-reactive ketones (excluding diaryl/α,β-unsaturated/α-hetero) is 1. The van der Waals surface area contributed by atoms with Gasteiger partial charge in [0, 0.05) is 18.8 Å². The van der Waals surface area contributed by atoms with E-state index in [-0.39, 0.29) is 28.6 Å². The van der Waals surface area contributed by atoms with E-state index in [1.54, 1.807) is 25.3 Å². The van der Waals surface area contributed by atoms with Crippen LogP contribution >= 0.6 is 11.6 Å². The number of hydrogen-bond acceptors (Lipinski definition) is 6. The van der Waals surface area contributed by atoms with Gasteiger partial charge < -0.3 is 5.11 Å². The summed E-state index contributed by atoms with van der Waals surface area (Å²) in [7, 11) is 0. The van der Waals surface area contributed by atoms with Crippen molar-refractivity contribution in [2.24, 2.45) is 0 Å². The Morgan fingerprint density at radius 1 is 1.26 bits per heavy atom. The third-order valence-electron chi connectivity index (χ3n) is 6.36. The number of pyridine rings is 2. The van der Waals surface area contributed by atoms with Gasteiger partial charge >= 0.3 is 6.18 Å². The number of carbonyl (C=O) groups is 1. The molecule has 0 aliphatic heterocycles. The molecule has 0 atom stereocenters. The predicted molar refractivity (Wildman–Crippen MR) is 120 cm³/mol. The monoisotopic (exact) mass is 503 g/mol. The molecular weight excluding hydrogens is 483 g/mol. The molecule has 0 aromatic carbocycles. The molecule has 0 bridgehead atoms. The van der Waals surface area contributed by atoms with Crippen LogP contribution in [-0.2, 0) is 18.0 Å². The molecule has 0 spiro atoms. The average molecular weight is 504 g/mol. The highest BCUT2D eigenvalue weighted by molar-refractivity contribution is 6.32. The Morgan fingerprint density at radius 3 is 2.54 bits per heavy atom. The molecule has 3 aromatic rings. The van der Waals surface area contributed by atoms with Crippen molar-refractivity contribution in [3.63, 3.8) is 0 Å². The second kappa shape index (κ2) is 9.40. The van der Waals surface area contributed by atoms with E-state index >= 15 is 0 Å². The van der Waals surface area contributed by atoms with E-state index in [2.05, 4.69) is 21.1 Å². The van der Waals surface area contributed by atoms with Crippen LogP contribution in [0, 0.1) is 18.3 Å². The standard InChI is InChI=1S/C24H21ClF3N5O2/c1-14-18(12-32-33(14)22-19(25)9-16(11-31-22)24(26,27)28)20(35)8-15-2-3-21(30-10-15)23(13-29)6-4-17(34)5-7-23/h2-3,9-12,17,34H,4-8H2,1H3. The fourth-order valence-corrected chi connectivity index (χ4v) is 4.50. The Balaban J connectivity index is 1.51. The number of nitriles is 1. The van der Waals surface area contributed by atoms with E-state index < -0.39 is 23.3 Å². The van der Waals surface area contributed by atoms with Crippen LogP contribution in [0.15, 0.2) is 36.8 Å². The van der Waals surface area contributed by atoms with Crippen molar-refractivity contribution >= 4 is 17.4 Å². The van der Waals surface area contributed by atoms with Crippen molar-refractivity contribution in [1.29, 1.82) is 5.26 Å². The van der Waals surface area contributed by atoms with Crippen LogP contribution in [0.2, 0.25) is 5.02 Å². The van der Waals surface area contributed by atoms with E-state index in [9.17, 15) is 28.3 Å². The minimum atomic E-state index is -4.58. The second-order valence-electron chi connectivity index (χ2n) is 8.66. The lowest BCUT2D eigenvalue weighted by Crippen LogP contribution is -2.33. The lowest BCUT2D eigenvalue weighted by atomic mass is 9.72. The summed E-state index contributed by atoms with van der Waals surface area (Å²) in [6.45, 7) is 1.60. The van der Waals surface area contributed by atoms with Crippen LogP contribution in [0.3, 0.4) is 0 Å². The molecule has 1 fully saturated rings. The molecule has 0 radical (unpaired) electrons. The summed E-state index contributed by atoms with van der Waals surface area (Å²) in [6.07, 6.45) is 0.717. The summed E-state index contributed by atoms with van der Waals surface area (Å²) in [5, 5.41) is 23.4. The minimum absolute atomic E-state index is 0.0124. The summed E-state index contributed by atoms with van der Waals surface area (Å²) in [6, 6.07) is 6.61. The smallest absolute Gasteiger partial charge is 0.393 e. The number of halogens is 4. The Kier molecular flexibility index (Phi) is 6.66. The highest BCUT2D eigenvalue weighted by Crippen LogP contribution is 2.38. The summed E-state index contributed by atoms with van der Waals surface area (Å²) < 4.78 is 39.9. The zero-order valence-electron chi connectivity index (χ0n) is 18.7. The van der Waals surface area contributed by atoms with Crippen LogP contribution in [-0.4, -0.2) is 36.7 Å². The fourth-order valence-electron chi connectivity index (χ4n) is 4.25. The molecule has 3 heterocycles. The van der Waals surface area contributed by atoms with Crippen LogP contribution in [0.25, 0.3) is 5.82 Å². The van der Waals surface area contributed by atoms with Gasteiger partial charge in [-0.15, -0.1) is 0 Å². The third-order valence-corrected chi connectivity index (χ3v) is 6.64. The largest absolute Gasteiger partial charge is 0.417 e. The van der Waals surface area contributed by atoms with E-state index in [1.165, 1.54) is 10.9 Å². The molecular formula is C24H21ClF3N5O2. The van der Waals surface area contributed by atoms with Crippen molar-refractivity contribution in [3.05, 3.63) is 69.9 Å². The molecule has 0 saturated heterocycles. The molecule has 1 N–H and O–H groups in total. The Morgan fingerprint density at radius 2 is 1.97 bits per heavy atom. The SMILES string of the molecule is Cc1c(C(=O)Cc2ccc(C3(C#N)CCC(O)CC3)nc2)cnn1-c1ncc(C(F)(F)F)cc1Cl. The quantitative estimate of drug-likeness (QED) is 0.503. The minimum Gasteiger partial charge on any atom is -0.393 e. The van der Waals surface area contributed by atoms with E-state index in [4.69, 9.17) is 11.6 Å². The number of nitrogens with zero attached hydrogens (tertiary/aromatic N) is 5. The van der Waals surface area contributed by atoms with Crippen molar-refractivity contribution in [2.75, 3.05) is 0 Å². The zero-order chi connectivity index (χ0) is 25.4. The van der Waals surface area contributed by atoms with Crippen LogP contribution in [0.4, 0.5) is 13.2 Å². The zero-order valence-corrected chi connectivity index (χ0v) is 19.4. The number of rotatable bonds is 5. The number of aliphatic hydroxyl groups excluding tert-OH is 1.